The van der Waals surface area contributed by atoms with Crippen molar-refractivity contribution in [2.24, 2.45) is 13.0 Å². The number of nitrogen functional groups attached to an aromatic ring is 1. The third kappa shape index (κ3) is 1.53. The molecular weight excluding hydrogens is 226 g/mol. The highest BCUT2D eigenvalue weighted by Gasteiger charge is 2.31. The Morgan fingerprint density at radius 1 is 1.39 bits per heavy atom. The van der Waals surface area contributed by atoms with E-state index in [1.807, 2.05) is 11.7 Å². The van der Waals surface area contributed by atoms with Crippen LogP contribution in [0.5, 0.6) is 0 Å². The first-order chi connectivity index (χ1) is 8.61. The van der Waals surface area contributed by atoms with Gasteiger partial charge in [-0.05, 0) is 25.2 Å². The van der Waals surface area contributed by atoms with Crippen LogP contribution in [-0.4, -0.2) is 19.3 Å². The Bertz CT molecular complexity index is 574. The molecule has 1 fully saturated rings. The summed E-state index contributed by atoms with van der Waals surface area (Å²) >= 11 is 0. The molecule has 2 N–H and O–H groups in total. The minimum Gasteiger partial charge on any atom is -0.369 e. The van der Waals surface area contributed by atoms with E-state index < -0.39 is 0 Å². The molecule has 5 nitrogen and oxygen atoms in total. The topological polar surface area (TPSA) is 61.7 Å². The van der Waals surface area contributed by atoms with Gasteiger partial charge in [0.1, 0.15) is 5.52 Å². The monoisotopic (exact) mass is 247 g/mol. The molecule has 2 aromatic heterocycles. The Kier molecular flexibility index (Phi) is 2.57. The fourth-order valence-electron chi connectivity index (χ4n) is 3.06. The zero-order valence-corrected chi connectivity index (χ0v) is 11.3. The molecule has 0 radical (unpaired) electrons. The molecule has 0 saturated heterocycles. The molecule has 2 aromatic rings. The van der Waals surface area contributed by atoms with Crippen LogP contribution >= 0.6 is 0 Å². The van der Waals surface area contributed by atoms with Crippen LogP contribution in [0.25, 0.3) is 11.2 Å². The minimum absolute atomic E-state index is 0.509. The first-order valence-electron chi connectivity index (χ1n) is 6.81. The lowest BCUT2D eigenvalue weighted by molar-refractivity contribution is 0.221. The Hall–Kier alpha value is -1.52. The molecule has 18 heavy (non-hydrogen) atoms. The van der Waals surface area contributed by atoms with Gasteiger partial charge in [-0.2, -0.15) is 5.10 Å². The zero-order chi connectivity index (χ0) is 12.9. The SMILES string of the molecule is CCCc1nn(C)c2c1nc(N)n2C1CC(C)C1. The number of rotatable bonds is 3. The van der Waals surface area contributed by atoms with Gasteiger partial charge in [-0.15, -0.1) is 0 Å². The highest BCUT2D eigenvalue weighted by atomic mass is 15.4. The lowest BCUT2D eigenvalue weighted by atomic mass is 9.82. The van der Waals surface area contributed by atoms with Gasteiger partial charge >= 0.3 is 0 Å². The molecule has 2 heterocycles. The Balaban J connectivity index is 2.11. The predicted octanol–water partition coefficient (Wildman–Crippen LogP) is 2.28. The lowest BCUT2D eigenvalue weighted by Gasteiger charge is -2.34. The number of aromatic nitrogens is 4. The molecular formula is C13H21N5. The maximum Gasteiger partial charge on any atom is 0.202 e. The van der Waals surface area contributed by atoms with Crippen LogP contribution < -0.4 is 5.73 Å². The molecule has 1 saturated carbocycles. The van der Waals surface area contributed by atoms with Gasteiger partial charge in [0.2, 0.25) is 5.95 Å². The van der Waals surface area contributed by atoms with E-state index in [1.54, 1.807) is 0 Å². The van der Waals surface area contributed by atoms with E-state index in [0.29, 0.717) is 12.0 Å². The summed E-state index contributed by atoms with van der Waals surface area (Å²) < 4.78 is 4.12. The van der Waals surface area contributed by atoms with Crippen LogP contribution in [0.2, 0.25) is 0 Å². The van der Waals surface area contributed by atoms with Crippen LogP contribution in [-0.2, 0) is 13.5 Å². The summed E-state index contributed by atoms with van der Waals surface area (Å²) in [6.07, 6.45) is 4.45. The van der Waals surface area contributed by atoms with Gasteiger partial charge in [-0.25, -0.2) is 4.98 Å². The fraction of sp³-hybridized carbons (Fsp3) is 0.692. The summed E-state index contributed by atoms with van der Waals surface area (Å²) in [5.74, 6) is 1.45. The second kappa shape index (κ2) is 4.00. The standard InChI is InChI=1S/C13H21N5/c1-4-5-10-11-12(17(3)16-10)18(13(14)15-11)9-6-8(2)7-9/h8-9H,4-7H2,1-3H3,(H2,14,15). The summed E-state index contributed by atoms with van der Waals surface area (Å²) in [6.45, 7) is 4.45. The van der Waals surface area contributed by atoms with E-state index in [1.165, 1.54) is 12.8 Å². The van der Waals surface area contributed by atoms with Crippen molar-refractivity contribution in [1.82, 2.24) is 19.3 Å². The van der Waals surface area contributed by atoms with Gasteiger partial charge in [-0.1, -0.05) is 20.3 Å². The van der Waals surface area contributed by atoms with E-state index in [-0.39, 0.29) is 0 Å². The molecule has 0 amide bonds. The molecule has 0 bridgehead atoms. The molecule has 0 atom stereocenters. The van der Waals surface area contributed by atoms with Crippen LogP contribution in [0.3, 0.4) is 0 Å². The number of aryl methyl sites for hydroxylation is 2. The van der Waals surface area contributed by atoms with Crippen molar-refractivity contribution in [3.8, 4) is 0 Å². The average molecular weight is 247 g/mol. The lowest BCUT2D eigenvalue weighted by Crippen LogP contribution is -2.26. The molecule has 5 heteroatoms. The number of nitrogens with zero attached hydrogens (tertiary/aromatic N) is 4. The Morgan fingerprint density at radius 2 is 2.11 bits per heavy atom. The van der Waals surface area contributed by atoms with Crippen molar-refractivity contribution in [2.75, 3.05) is 5.73 Å². The van der Waals surface area contributed by atoms with Crippen molar-refractivity contribution < 1.29 is 0 Å². The van der Waals surface area contributed by atoms with Gasteiger partial charge in [-0.3, -0.25) is 9.25 Å². The molecule has 3 rings (SSSR count). The van der Waals surface area contributed by atoms with E-state index in [9.17, 15) is 0 Å². The average Bonchev–Trinajstić information content (AvgIpc) is 2.74. The molecule has 0 unspecified atom stereocenters. The summed E-state index contributed by atoms with van der Waals surface area (Å²) in [5.41, 5.74) is 9.26. The van der Waals surface area contributed by atoms with Crippen molar-refractivity contribution in [3.63, 3.8) is 0 Å². The van der Waals surface area contributed by atoms with E-state index in [4.69, 9.17) is 5.73 Å². The van der Waals surface area contributed by atoms with Crippen molar-refractivity contribution in [3.05, 3.63) is 5.69 Å². The number of imidazole rings is 1. The van der Waals surface area contributed by atoms with E-state index in [0.717, 1.165) is 35.6 Å². The third-order valence-electron chi connectivity index (χ3n) is 3.96. The van der Waals surface area contributed by atoms with E-state index in [2.05, 4.69) is 28.5 Å². The van der Waals surface area contributed by atoms with Gasteiger partial charge in [0.25, 0.3) is 0 Å². The van der Waals surface area contributed by atoms with Crippen LogP contribution in [0.15, 0.2) is 0 Å². The maximum atomic E-state index is 6.10. The van der Waals surface area contributed by atoms with Crippen molar-refractivity contribution >= 4 is 17.1 Å². The summed E-state index contributed by atoms with van der Waals surface area (Å²) in [5, 5.41) is 4.58. The Labute approximate surface area is 107 Å². The molecule has 1 aliphatic rings. The van der Waals surface area contributed by atoms with Crippen LogP contribution in [0, 0.1) is 5.92 Å². The second-order valence-electron chi connectivity index (χ2n) is 5.56. The quantitative estimate of drug-likeness (QED) is 0.905. The molecule has 98 valence electrons. The normalized spacial score (nSPS) is 23.5. The van der Waals surface area contributed by atoms with E-state index >= 15 is 0 Å². The molecule has 1 aliphatic carbocycles. The second-order valence-corrected chi connectivity index (χ2v) is 5.56. The molecule has 0 spiro atoms. The number of hydrogen-bond donors (Lipinski definition) is 1. The van der Waals surface area contributed by atoms with Crippen molar-refractivity contribution in [2.45, 2.75) is 45.6 Å². The number of nitrogens with two attached hydrogens (primary N) is 1. The Morgan fingerprint density at radius 3 is 2.72 bits per heavy atom. The summed E-state index contributed by atoms with van der Waals surface area (Å²) in [4.78, 5) is 4.54. The van der Waals surface area contributed by atoms with Crippen LogP contribution in [0.4, 0.5) is 5.95 Å². The minimum atomic E-state index is 0.509. The predicted molar refractivity (Wildman–Crippen MR) is 72.3 cm³/mol. The first kappa shape index (κ1) is 11.6. The van der Waals surface area contributed by atoms with Gasteiger partial charge in [0.05, 0.1) is 5.69 Å². The number of fused-ring (bicyclic) bond motifs is 1. The first-order valence-corrected chi connectivity index (χ1v) is 6.81. The van der Waals surface area contributed by atoms with Crippen molar-refractivity contribution in [1.29, 1.82) is 0 Å². The fourth-order valence-corrected chi connectivity index (χ4v) is 3.06. The molecule has 0 aliphatic heterocycles. The zero-order valence-electron chi connectivity index (χ0n) is 11.3. The van der Waals surface area contributed by atoms with Gasteiger partial charge in [0.15, 0.2) is 5.65 Å². The highest BCUT2D eigenvalue weighted by Crippen LogP contribution is 2.40. The number of hydrogen-bond acceptors (Lipinski definition) is 3. The van der Waals surface area contributed by atoms with Gasteiger partial charge < -0.3 is 5.73 Å². The molecule has 0 aromatic carbocycles. The smallest absolute Gasteiger partial charge is 0.202 e. The summed E-state index contributed by atoms with van der Waals surface area (Å²) in [6, 6.07) is 0.509. The maximum absolute atomic E-state index is 6.10. The van der Waals surface area contributed by atoms with Crippen LogP contribution in [0.1, 0.15) is 44.8 Å². The third-order valence-corrected chi connectivity index (χ3v) is 3.96. The highest BCUT2D eigenvalue weighted by molar-refractivity contribution is 5.78. The summed E-state index contributed by atoms with van der Waals surface area (Å²) in [7, 11) is 1.99. The number of anilines is 1. The van der Waals surface area contributed by atoms with Gasteiger partial charge in [0, 0.05) is 13.1 Å². The largest absolute Gasteiger partial charge is 0.369 e.